The predicted octanol–water partition coefficient (Wildman–Crippen LogP) is 3.89. The number of amides is 1. The summed E-state index contributed by atoms with van der Waals surface area (Å²) in [6, 6.07) is 10.1. The second kappa shape index (κ2) is 6.93. The summed E-state index contributed by atoms with van der Waals surface area (Å²) in [7, 11) is 2.91. The largest absolute Gasteiger partial charge is 0.378 e. The molecule has 0 saturated carbocycles. The molecule has 25 heavy (non-hydrogen) atoms. The summed E-state index contributed by atoms with van der Waals surface area (Å²) in [5.74, 6) is -0.841. The maximum absolute atomic E-state index is 14.5. The Kier molecular flexibility index (Phi) is 4.87. The summed E-state index contributed by atoms with van der Waals surface area (Å²) in [5.41, 5.74) is 1.19. The Bertz CT molecular complexity index is 866. The van der Waals surface area contributed by atoms with Gasteiger partial charge in [0.05, 0.1) is 0 Å². The average Bonchev–Trinajstić information content (AvgIpc) is 3.25. The monoisotopic (exact) mass is 380 g/mol. The van der Waals surface area contributed by atoms with Crippen LogP contribution in [0.4, 0.5) is 14.5 Å². The zero-order chi connectivity index (χ0) is 18.0. The standard InChI is InChI=1S/C16H14F2N4OS2/c1-21(12-6-4-3-5-7-12)14(23)16(17,18)25-15-20-19-13(22(15)2)11-8-9-24-10-11/h3-10H,1-2H3. The molecule has 0 atom stereocenters. The molecule has 0 N–H and O–H groups in total. The van der Waals surface area contributed by atoms with Crippen molar-refractivity contribution >= 4 is 34.7 Å². The number of anilines is 1. The van der Waals surface area contributed by atoms with Crippen molar-refractivity contribution in [2.24, 2.45) is 7.05 Å². The van der Waals surface area contributed by atoms with Gasteiger partial charge in [-0.05, 0) is 35.3 Å². The van der Waals surface area contributed by atoms with Crippen molar-refractivity contribution in [2.75, 3.05) is 11.9 Å². The van der Waals surface area contributed by atoms with Crippen LogP contribution in [-0.4, -0.2) is 33.0 Å². The lowest BCUT2D eigenvalue weighted by molar-refractivity contribution is -0.131. The number of halogens is 2. The van der Waals surface area contributed by atoms with Gasteiger partial charge in [-0.3, -0.25) is 4.79 Å². The van der Waals surface area contributed by atoms with E-state index in [9.17, 15) is 13.6 Å². The Labute approximate surface area is 151 Å². The van der Waals surface area contributed by atoms with Gasteiger partial charge in [-0.15, -0.1) is 10.2 Å². The third-order valence-corrected chi connectivity index (χ3v) is 5.18. The highest BCUT2D eigenvalue weighted by atomic mass is 32.2. The van der Waals surface area contributed by atoms with Crippen molar-refractivity contribution < 1.29 is 13.6 Å². The van der Waals surface area contributed by atoms with Gasteiger partial charge in [-0.2, -0.15) is 20.1 Å². The summed E-state index contributed by atoms with van der Waals surface area (Å²) in [5, 5.41) is 7.77. The SMILES string of the molecule is CN(C(=O)C(F)(F)Sc1nnc(-c2ccsc2)n1C)c1ccccc1. The maximum Gasteiger partial charge on any atom is 0.378 e. The third kappa shape index (κ3) is 3.57. The van der Waals surface area contributed by atoms with Crippen LogP contribution in [0.1, 0.15) is 0 Å². The molecule has 1 aromatic carbocycles. The van der Waals surface area contributed by atoms with Gasteiger partial charge in [0, 0.05) is 30.7 Å². The van der Waals surface area contributed by atoms with Crippen molar-refractivity contribution in [1.82, 2.24) is 14.8 Å². The van der Waals surface area contributed by atoms with Crippen molar-refractivity contribution in [3.05, 3.63) is 47.2 Å². The van der Waals surface area contributed by atoms with E-state index >= 15 is 0 Å². The average molecular weight is 380 g/mol. The van der Waals surface area contributed by atoms with E-state index in [1.54, 1.807) is 37.4 Å². The van der Waals surface area contributed by atoms with Gasteiger partial charge < -0.3 is 9.47 Å². The zero-order valence-electron chi connectivity index (χ0n) is 13.4. The number of nitrogens with zero attached hydrogens (tertiary/aromatic N) is 4. The van der Waals surface area contributed by atoms with Gasteiger partial charge in [0.25, 0.3) is 0 Å². The van der Waals surface area contributed by atoms with Crippen LogP contribution in [0.5, 0.6) is 0 Å². The lowest BCUT2D eigenvalue weighted by Crippen LogP contribution is -2.39. The fourth-order valence-electron chi connectivity index (χ4n) is 2.17. The van der Waals surface area contributed by atoms with E-state index in [1.807, 2.05) is 16.8 Å². The summed E-state index contributed by atoms with van der Waals surface area (Å²) >= 11 is 1.57. The number of para-hydroxylation sites is 1. The molecule has 9 heteroatoms. The van der Waals surface area contributed by atoms with E-state index < -0.39 is 11.2 Å². The summed E-state index contributed by atoms with van der Waals surface area (Å²) in [4.78, 5) is 13.1. The van der Waals surface area contributed by atoms with Crippen molar-refractivity contribution in [3.63, 3.8) is 0 Å². The van der Waals surface area contributed by atoms with Crippen LogP contribution in [0.2, 0.25) is 0 Å². The summed E-state index contributed by atoms with van der Waals surface area (Å²) in [6.45, 7) is 0. The Hall–Kier alpha value is -2.26. The number of carbonyl (C=O) groups is 1. The number of hydrogen-bond acceptors (Lipinski definition) is 5. The molecule has 0 saturated heterocycles. The van der Waals surface area contributed by atoms with Crippen LogP contribution in [-0.2, 0) is 11.8 Å². The molecule has 0 bridgehead atoms. The maximum atomic E-state index is 14.5. The molecular weight excluding hydrogens is 366 g/mol. The first-order valence-corrected chi connectivity index (χ1v) is 8.98. The highest BCUT2D eigenvalue weighted by Gasteiger charge is 2.44. The van der Waals surface area contributed by atoms with Crippen LogP contribution in [0.3, 0.4) is 0 Å². The first-order chi connectivity index (χ1) is 11.9. The van der Waals surface area contributed by atoms with Crippen LogP contribution in [0.15, 0.2) is 52.3 Å². The van der Waals surface area contributed by atoms with E-state index in [-0.39, 0.29) is 16.9 Å². The quantitative estimate of drug-likeness (QED) is 0.630. The molecule has 3 rings (SSSR count). The van der Waals surface area contributed by atoms with Crippen LogP contribution in [0.25, 0.3) is 11.4 Å². The lowest BCUT2D eigenvalue weighted by atomic mass is 10.3. The van der Waals surface area contributed by atoms with E-state index in [0.29, 0.717) is 11.5 Å². The minimum Gasteiger partial charge on any atom is -0.309 e. The number of aromatic nitrogens is 3. The summed E-state index contributed by atoms with van der Waals surface area (Å²) in [6.07, 6.45) is 0. The van der Waals surface area contributed by atoms with E-state index in [0.717, 1.165) is 10.5 Å². The van der Waals surface area contributed by atoms with Crippen molar-refractivity contribution in [1.29, 1.82) is 0 Å². The highest BCUT2D eigenvalue weighted by molar-refractivity contribution is 8.00. The van der Waals surface area contributed by atoms with Crippen molar-refractivity contribution in [2.45, 2.75) is 10.4 Å². The highest BCUT2D eigenvalue weighted by Crippen LogP contribution is 2.38. The van der Waals surface area contributed by atoms with E-state index in [2.05, 4.69) is 10.2 Å². The van der Waals surface area contributed by atoms with Crippen molar-refractivity contribution in [3.8, 4) is 11.4 Å². The van der Waals surface area contributed by atoms with Gasteiger partial charge in [0.2, 0.25) is 0 Å². The van der Waals surface area contributed by atoms with Crippen LogP contribution >= 0.6 is 23.1 Å². The number of thioether (sulfide) groups is 1. The molecule has 0 aliphatic heterocycles. The molecule has 130 valence electrons. The molecule has 0 spiro atoms. The van der Waals surface area contributed by atoms with E-state index in [4.69, 9.17) is 0 Å². The fraction of sp³-hybridized carbons (Fsp3) is 0.188. The molecule has 0 aliphatic carbocycles. The summed E-state index contributed by atoms with van der Waals surface area (Å²) < 4.78 is 30.4. The minimum atomic E-state index is -3.67. The molecular formula is C16H14F2N4OS2. The van der Waals surface area contributed by atoms with Gasteiger partial charge >= 0.3 is 11.2 Å². The molecule has 1 amide bonds. The second-order valence-corrected chi connectivity index (χ2v) is 7.06. The molecule has 0 unspecified atom stereocenters. The van der Waals surface area contributed by atoms with E-state index in [1.165, 1.54) is 23.0 Å². The Balaban J connectivity index is 1.81. The zero-order valence-corrected chi connectivity index (χ0v) is 15.0. The minimum absolute atomic E-state index is 0.0268. The van der Waals surface area contributed by atoms with Crippen LogP contribution < -0.4 is 4.90 Å². The van der Waals surface area contributed by atoms with Gasteiger partial charge in [0.1, 0.15) is 0 Å². The first kappa shape index (κ1) is 17.6. The van der Waals surface area contributed by atoms with Crippen LogP contribution in [0, 0.1) is 0 Å². The fourth-order valence-corrected chi connectivity index (χ4v) is 3.56. The molecule has 5 nitrogen and oxygen atoms in total. The number of hydrogen-bond donors (Lipinski definition) is 0. The molecule has 2 aromatic heterocycles. The number of benzene rings is 1. The number of rotatable bonds is 5. The molecule has 0 fully saturated rings. The third-order valence-electron chi connectivity index (χ3n) is 3.53. The lowest BCUT2D eigenvalue weighted by Gasteiger charge is -2.22. The topological polar surface area (TPSA) is 51.0 Å². The molecule has 0 aliphatic rings. The Morgan fingerprint density at radius 2 is 1.96 bits per heavy atom. The first-order valence-electron chi connectivity index (χ1n) is 7.22. The predicted molar refractivity (Wildman–Crippen MR) is 95.0 cm³/mol. The molecule has 2 heterocycles. The molecule has 0 radical (unpaired) electrons. The number of carbonyl (C=O) groups excluding carboxylic acids is 1. The second-order valence-electron chi connectivity index (χ2n) is 5.20. The Morgan fingerprint density at radius 1 is 1.24 bits per heavy atom. The molecule has 3 aromatic rings. The Morgan fingerprint density at radius 3 is 2.60 bits per heavy atom. The number of thiophene rings is 1. The van der Waals surface area contributed by atoms with Gasteiger partial charge in [-0.25, -0.2) is 0 Å². The van der Waals surface area contributed by atoms with Gasteiger partial charge in [0.15, 0.2) is 11.0 Å². The number of alkyl halides is 2. The smallest absolute Gasteiger partial charge is 0.309 e. The van der Waals surface area contributed by atoms with Gasteiger partial charge in [-0.1, -0.05) is 18.2 Å². The normalized spacial score (nSPS) is 11.5.